The van der Waals surface area contributed by atoms with Crippen molar-refractivity contribution in [1.29, 1.82) is 0 Å². The molecule has 0 spiro atoms. The fraction of sp³-hybridized carbons (Fsp3) is 0.667. The molecule has 0 aromatic carbocycles. The van der Waals surface area contributed by atoms with Gasteiger partial charge in [-0.3, -0.25) is 0 Å². The summed E-state index contributed by atoms with van der Waals surface area (Å²) >= 11 is 0. The van der Waals surface area contributed by atoms with E-state index in [4.69, 9.17) is 9.47 Å². The van der Waals surface area contributed by atoms with Gasteiger partial charge in [-0.25, -0.2) is 0 Å². The van der Waals surface area contributed by atoms with Gasteiger partial charge in [0, 0.05) is 0 Å². The molecule has 2 heteroatoms. The fourth-order valence-electron chi connectivity index (χ4n) is 0.574. The fourth-order valence-corrected chi connectivity index (χ4v) is 0.574. The first-order valence-electron chi connectivity index (χ1n) is 2.75. The van der Waals surface area contributed by atoms with Crippen LogP contribution in [0.1, 0.15) is 6.92 Å². The Bertz CT molecular complexity index is 88.5. The van der Waals surface area contributed by atoms with Crippen LogP contribution >= 0.6 is 0 Å². The standard InChI is InChI=1S/C6H10O2/c1-6-3-2-4-7-5-8-6/h2-3,6H,4-5H2,1H3. The van der Waals surface area contributed by atoms with Crippen LogP contribution in [0, 0.1) is 0 Å². The molecule has 1 unspecified atom stereocenters. The summed E-state index contributed by atoms with van der Waals surface area (Å²) in [6.45, 7) is 3.10. The minimum atomic E-state index is 0.220. The maximum atomic E-state index is 5.09. The lowest BCUT2D eigenvalue weighted by Gasteiger charge is -2.02. The summed E-state index contributed by atoms with van der Waals surface area (Å²) in [6.07, 6.45) is 4.18. The van der Waals surface area contributed by atoms with Crippen molar-refractivity contribution in [2.45, 2.75) is 13.0 Å². The first-order chi connectivity index (χ1) is 3.89. The van der Waals surface area contributed by atoms with Crippen LogP contribution in [-0.2, 0) is 9.47 Å². The SMILES string of the molecule is CC1C=CCOCO1. The second-order valence-electron chi connectivity index (χ2n) is 1.79. The summed E-state index contributed by atoms with van der Waals surface area (Å²) in [5, 5.41) is 0. The molecule has 0 fully saturated rings. The highest BCUT2D eigenvalue weighted by atomic mass is 16.7. The molecule has 1 rings (SSSR count). The van der Waals surface area contributed by atoms with Gasteiger partial charge >= 0.3 is 0 Å². The molecule has 46 valence electrons. The predicted molar refractivity (Wildman–Crippen MR) is 30.5 cm³/mol. The van der Waals surface area contributed by atoms with Gasteiger partial charge in [0.05, 0.1) is 12.7 Å². The quantitative estimate of drug-likeness (QED) is 0.436. The van der Waals surface area contributed by atoms with Crippen molar-refractivity contribution >= 4 is 0 Å². The molecule has 0 saturated carbocycles. The Morgan fingerprint density at radius 2 is 2.50 bits per heavy atom. The van der Waals surface area contributed by atoms with Gasteiger partial charge < -0.3 is 9.47 Å². The van der Waals surface area contributed by atoms with Crippen molar-refractivity contribution < 1.29 is 9.47 Å². The van der Waals surface area contributed by atoms with Crippen molar-refractivity contribution in [1.82, 2.24) is 0 Å². The molecule has 0 bridgehead atoms. The molecule has 0 aromatic rings. The van der Waals surface area contributed by atoms with E-state index in [0.29, 0.717) is 13.4 Å². The molecule has 1 atom stereocenters. The molecule has 2 nitrogen and oxygen atoms in total. The minimum Gasteiger partial charge on any atom is -0.351 e. The van der Waals surface area contributed by atoms with Crippen molar-refractivity contribution in [2.75, 3.05) is 13.4 Å². The minimum absolute atomic E-state index is 0.220. The maximum absolute atomic E-state index is 5.09. The van der Waals surface area contributed by atoms with E-state index < -0.39 is 0 Å². The van der Waals surface area contributed by atoms with Crippen LogP contribution in [0.25, 0.3) is 0 Å². The first kappa shape index (κ1) is 5.79. The Hall–Kier alpha value is -0.340. The van der Waals surface area contributed by atoms with E-state index >= 15 is 0 Å². The molecular weight excluding hydrogens is 104 g/mol. The van der Waals surface area contributed by atoms with E-state index in [0.717, 1.165) is 0 Å². The maximum Gasteiger partial charge on any atom is 0.147 e. The molecule has 1 aliphatic rings. The highest BCUT2D eigenvalue weighted by Crippen LogP contribution is 1.97. The average Bonchev–Trinajstić information content (AvgIpc) is 1.94. The molecule has 0 saturated heterocycles. The summed E-state index contributed by atoms with van der Waals surface area (Å²) in [7, 11) is 0. The van der Waals surface area contributed by atoms with Gasteiger partial charge in [-0.15, -0.1) is 0 Å². The zero-order valence-corrected chi connectivity index (χ0v) is 4.96. The summed E-state index contributed by atoms with van der Waals surface area (Å²) in [5.41, 5.74) is 0. The lowest BCUT2D eigenvalue weighted by Crippen LogP contribution is -2.04. The van der Waals surface area contributed by atoms with E-state index in [9.17, 15) is 0 Å². The lowest BCUT2D eigenvalue weighted by molar-refractivity contribution is -0.0542. The first-order valence-corrected chi connectivity index (χ1v) is 2.75. The van der Waals surface area contributed by atoms with Crippen LogP contribution in [0.3, 0.4) is 0 Å². The van der Waals surface area contributed by atoms with Crippen LogP contribution in [-0.4, -0.2) is 19.5 Å². The van der Waals surface area contributed by atoms with Gasteiger partial charge in [0.2, 0.25) is 0 Å². The number of rotatable bonds is 0. The van der Waals surface area contributed by atoms with Crippen molar-refractivity contribution in [3.63, 3.8) is 0 Å². The van der Waals surface area contributed by atoms with Gasteiger partial charge in [-0.2, -0.15) is 0 Å². The molecule has 8 heavy (non-hydrogen) atoms. The van der Waals surface area contributed by atoms with Gasteiger partial charge in [0.25, 0.3) is 0 Å². The van der Waals surface area contributed by atoms with Crippen molar-refractivity contribution in [2.24, 2.45) is 0 Å². The van der Waals surface area contributed by atoms with Gasteiger partial charge in [0.15, 0.2) is 0 Å². The number of hydrogen-bond acceptors (Lipinski definition) is 2. The van der Waals surface area contributed by atoms with Gasteiger partial charge in [-0.1, -0.05) is 12.2 Å². The highest BCUT2D eigenvalue weighted by Gasteiger charge is 1.97. The van der Waals surface area contributed by atoms with Crippen molar-refractivity contribution in [3.8, 4) is 0 Å². The molecule has 0 amide bonds. The molecule has 0 aliphatic carbocycles. The third kappa shape index (κ3) is 1.64. The third-order valence-electron chi connectivity index (χ3n) is 1.04. The lowest BCUT2D eigenvalue weighted by atomic mass is 10.4. The van der Waals surface area contributed by atoms with Crippen LogP contribution in [0.15, 0.2) is 12.2 Å². The molecular formula is C6H10O2. The smallest absolute Gasteiger partial charge is 0.147 e. The topological polar surface area (TPSA) is 18.5 Å². The van der Waals surface area contributed by atoms with E-state index in [1.165, 1.54) is 0 Å². The second kappa shape index (κ2) is 2.84. The Kier molecular flexibility index (Phi) is 2.06. The van der Waals surface area contributed by atoms with Gasteiger partial charge in [-0.05, 0) is 6.92 Å². The third-order valence-corrected chi connectivity index (χ3v) is 1.04. The molecule has 0 radical (unpaired) electrons. The normalized spacial score (nSPS) is 29.9. The largest absolute Gasteiger partial charge is 0.351 e. The summed E-state index contributed by atoms with van der Waals surface area (Å²) in [6, 6.07) is 0. The number of ether oxygens (including phenoxy) is 2. The monoisotopic (exact) mass is 114 g/mol. The summed E-state index contributed by atoms with van der Waals surface area (Å²) in [5.74, 6) is 0. The highest BCUT2D eigenvalue weighted by molar-refractivity contribution is 4.88. The molecule has 1 aliphatic heterocycles. The summed E-state index contributed by atoms with van der Waals surface area (Å²) < 4.78 is 10.0. The van der Waals surface area contributed by atoms with Crippen LogP contribution < -0.4 is 0 Å². The zero-order chi connectivity index (χ0) is 5.82. The summed E-state index contributed by atoms with van der Waals surface area (Å²) in [4.78, 5) is 0. The average molecular weight is 114 g/mol. The second-order valence-corrected chi connectivity index (χ2v) is 1.79. The van der Waals surface area contributed by atoms with Gasteiger partial charge in [0.1, 0.15) is 6.79 Å². The molecule has 0 aromatic heterocycles. The molecule has 0 N–H and O–H groups in total. The van der Waals surface area contributed by atoms with E-state index in [2.05, 4.69) is 0 Å². The van der Waals surface area contributed by atoms with Crippen LogP contribution in [0.2, 0.25) is 0 Å². The predicted octanol–water partition coefficient (Wildman–Crippen LogP) is 0.935. The van der Waals surface area contributed by atoms with Crippen molar-refractivity contribution in [3.05, 3.63) is 12.2 Å². The Balaban J connectivity index is 2.33. The number of hydrogen-bond donors (Lipinski definition) is 0. The Morgan fingerprint density at radius 1 is 1.62 bits per heavy atom. The van der Waals surface area contributed by atoms with Crippen LogP contribution in [0.4, 0.5) is 0 Å². The zero-order valence-electron chi connectivity index (χ0n) is 4.96. The van der Waals surface area contributed by atoms with E-state index in [-0.39, 0.29) is 6.10 Å². The van der Waals surface area contributed by atoms with E-state index in [1.807, 2.05) is 19.1 Å². The van der Waals surface area contributed by atoms with Crippen LogP contribution in [0.5, 0.6) is 0 Å². The Morgan fingerprint density at radius 3 is 3.38 bits per heavy atom. The Labute approximate surface area is 49.1 Å². The molecule has 1 heterocycles. The van der Waals surface area contributed by atoms with E-state index in [1.54, 1.807) is 0 Å².